The summed E-state index contributed by atoms with van der Waals surface area (Å²) in [6, 6.07) is 4.70. The zero-order valence-corrected chi connectivity index (χ0v) is 9.09. The summed E-state index contributed by atoms with van der Waals surface area (Å²) in [7, 11) is 0. The summed E-state index contributed by atoms with van der Waals surface area (Å²) >= 11 is 0. The third-order valence-corrected chi connectivity index (χ3v) is 2.12. The van der Waals surface area contributed by atoms with Crippen LogP contribution in [-0.4, -0.2) is 23.4 Å². The molecule has 0 amide bonds. The second-order valence-corrected chi connectivity index (χ2v) is 3.41. The molecule has 1 rings (SSSR count). The van der Waals surface area contributed by atoms with Gasteiger partial charge in [0.05, 0.1) is 12.7 Å². The van der Waals surface area contributed by atoms with Gasteiger partial charge in [0.2, 0.25) is 0 Å². The van der Waals surface area contributed by atoms with Gasteiger partial charge in [0.15, 0.2) is 0 Å². The van der Waals surface area contributed by atoms with E-state index < -0.39 is 6.10 Å². The van der Waals surface area contributed by atoms with Gasteiger partial charge >= 0.3 is 0 Å². The number of nitroso groups, excluding NO2 is 1. The van der Waals surface area contributed by atoms with Crippen LogP contribution in [0.4, 0.5) is 5.69 Å². The van der Waals surface area contributed by atoms with Gasteiger partial charge in [-0.05, 0) is 30.3 Å². The Morgan fingerprint density at radius 1 is 1.50 bits per heavy atom. The molecule has 0 fully saturated rings. The Kier molecular flexibility index (Phi) is 4.88. The van der Waals surface area contributed by atoms with Gasteiger partial charge < -0.3 is 14.9 Å². The van der Waals surface area contributed by atoms with E-state index in [0.717, 1.165) is 0 Å². The lowest BCUT2D eigenvalue weighted by molar-refractivity contribution is 0.198. The van der Waals surface area contributed by atoms with E-state index in [1.165, 1.54) is 6.07 Å². The van der Waals surface area contributed by atoms with Crippen molar-refractivity contribution < 1.29 is 14.9 Å². The molecule has 1 aromatic rings. The van der Waals surface area contributed by atoms with Gasteiger partial charge in [0.1, 0.15) is 11.4 Å². The van der Waals surface area contributed by atoms with E-state index in [-0.39, 0.29) is 12.3 Å². The summed E-state index contributed by atoms with van der Waals surface area (Å²) in [4.78, 5) is 10.5. The van der Waals surface area contributed by atoms with E-state index in [2.05, 4.69) is 5.18 Å². The van der Waals surface area contributed by atoms with Gasteiger partial charge in [0, 0.05) is 18.6 Å². The van der Waals surface area contributed by atoms with E-state index in [1.807, 2.05) is 0 Å². The number of ether oxygens (including phenoxy) is 1. The van der Waals surface area contributed by atoms with E-state index >= 15 is 0 Å². The van der Waals surface area contributed by atoms with E-state index in [4.69, 9.17) is 9.84 Å². The number of aliphatic hydroxyl groups excluding tert-OH is 2. The first-order valence-electron chi connectivity index (χ1n) is 5.08. The SMILES string of the molecule is CC(O)c1cc(OCCCO)ccc1N=O. The fourth-order valence-corrected chi connectivity index (χ4v) is 1.29. The lowest BCUT2D eigenvalue weighted by Crippen LogP contribution is -2.00. The zero-order valence-electron chi connectivity index (χ0n) is 9.09. The lowest BCUT2D eigenvalue weighted by Gasteiger charge is -2.10. The normalized spacial score (nSPS) is 12.2. The number of rotatable bonds is 6. The molecule has 0 aromatic heterocycles. The monoisotopic (exact) mass is 225 g/mol. The quantitative estimate of drug-likeness (QED) is 0.572. The van der Waals surface area contributed by atoms with Crippen molar-refractivity contribution in [1.29, 1.82) is 0 Å². The number of hydrogen-bond donors (Lipinski definition) is 2. The summed E-state index contributed by atoms with van der Waals surface area (Å²) in [5, 5.41) is 20.9. The molecule has 0 spiro atoms. The molecule has 0 aliphatic rings. The topological polar surface area (TPSA) is 79.1 Å². The van der Waals surface area contributed by atoms with Crippen molar-refractivity contribution in [2.24, 2.45) is 5.18 Å². The van der Waals surface area contributed by atoms with Crippen LogP contribution in [0.2, 0.25) is 0 Å². The second-order valence-electron chi connectivity index (χ2n) is 3.41. The van der Waals surface area contributed by atoms with Crippen LogP contribution in [0.1, 0.15) is 25.0 Å². The zero-order chi connectivity index (χ0) is 12.0. The molecule has 0 bridgehead atoms. The maximum absolute atomic E-state index is 10.5. The van der Waals surface area contributed by atoms with Gasteiger partial charge in [-0.1, -0.05) is 0 Å². The van der Waals surface area contributed by atoms with Crippen molar-refractivity contribution in [2.45, 2.75) is 19.4 Å². The van der Waals surface area contributed by atoms with Crippen molar-refractivity contribution >= 4 is 5.69 Å². The van der Waals surface area contributed by atoms with E-state index in [0.29, 0.717) is 24.3 Å². The number of aliphatic hydroxyl groups is 2. The van der Waals surface area contributed by atoms with Crippen molar-refractivity contribution in [3.8, 4) is 5.75 Å². The Morgan fingerprint density at radius 3 is 2.81 bits per heavy atom. The highest BCUT2D eigenvalue weighted by molar-refractivity contribution is 5.50. The standard InChI is InChI=1S/C11H15NO4/c1-8(14)10-7-9(16-6-2-5-13)3-4-11(10)12-15/h3-4,7-8,13-14H,2,5-6H2,1H3. The maximum atomic E-state index is 10.5. The molecule has 0 radical (unpaired) electrons. The molecule has 0 aliphatic heterocycles. The highest BCUT2D eigenvalue weighted by Crippen LogP contribution is 2.29. The molecule has 88 valence electrons. The average Bonchev–Trinajstić information content (AvgIpc) is 2.29. The minimum Gasteiger partial charge on any atom is -0.493 e. The number of benzene rings is 1. The van der Waals surface area contributed by atoms with Crippen LogP contribution in [0, 0.1) is 4.91 Å². The Morgan fingerprint density at radius 2 is 2.25 bits per heavy atom. The largest absolute Gasteiger partial charge is 0.493 e. The van der Waals surface area contributed by atoms with Gasteiger partial charge in [-0.15, -0.1) is 4.91 Å². The van der Waals surface area contributed by atoms with Gasteiger partial charge in [-0.25, -0.2) is 0 Å². The van der Waals surface area contributed by atoms with Crippen LogP contribution >= 0.6 is 0 Å². The van der Waals surface area contributed by atoms with Crippen molar-refractivity contribution in [1.82, 2.24) is 0 Å². The number of hydrogen-bond acceptors (Lipinski definition) is 5. The first-order chi connectivity index (χ1) is 7.69. The Bertz CT molecular complexity index is 352. The van der Waals surface area contributed by atoms with Gasteiger partial charge in [0.25, 0.3) is 0 Å². The van der Waals surface area contributed by atoms with Crippen LogP contribution in [0.3, 0.4) is 0 Å². The van der Waals surface area contributed by atoms with Crippen LogP contribution in [0.15, 0.2) is 23.4 Å². The summed E-state index contributed by atoms with van der Waals surface area (Å²) in [6.45, 7) is 2.02. The Labute approximate surface area is 93.7 Å². The predicted octanol–water partition coefficient (Wildman–Crippen LogP) is 1.90. The second kappa shape index (κ2) is 6.19. The summed E-state index contributed by atoms with van der Waals surface area (Å²) in [6.07, 6.45) is -0.230. The van der Waals surface area contributed by atoms with Crippen LogP contribution < -0.4 is 4.74 Å². The van der Waals surface area contributed by atoms with Gasteiger partial charge in [-0.2, -0.15) is 0 Å². The molecule has 2 N–H and O–H groups in total. The smallest absolute Gasteiger partial charge is 0.119 e. The summed E-state index contributed by atoms with van der Waals surface area (Å²) in [5.41, 5.74) is 0.654. The summed E-state index contributed by atoms with van der Waals surface area (Å²) < 4.78 is 5.32. The van der Waals surface area contributed by atoms with Crippen molar-refractivity contribution in [3.63, 3.8) is 0 Å². The van der Waals surface area contributed by atoms with E-state index in [1.54, 1.807) is 19.1 Å². The predicted molar refractivity (Wildman–Crippen MR) is 59.7 cm³/mol. The molecule has 1 aromatic carbocycles. The molecule has 16 heavy (non-hydrogen) atoms. The molecule has 0 aliphatic carbocycles. The molecular formula is C11H15NO4. The highest BCUT2D eigenvalue weighted by Gasteiger charge is 2.10. The molecule has 1 unspecified atom stereocenters. The van der Waals surface area contributed by atoms with Crippen molar-refractivity contribution in [2.75, 3.05) is 13.2 Å². The molecule has 0 saturated heterocycles. The third-order valence-electron chi connectivity index (χ3n) is 2.12. The third kappa shape index (κ3) is 3.29. The Hall–Kier alpha value is -1.46. The molecular weight excluding hydrogens is 210 g/mol. The summed E-state index contributed by atoms with van der Waals surface area (Å²) in [5.74, 6) is 0.553. The highest BCUT2D eigenvalue weighted by atomic mass is 16.5. The molecule has 5 nitrogen and oxygen atoms in total. The minimum absolute atomic E-state index is 0.0667. The van der Waals surface area contributed by atoms with Crippen molar-refractivity contribution in [3.05, 3.63) is 28.7 Å². The first kappa shape index (κ1) is 12.6. The molecule has 1 atom stereocenters. The van der Waals surface area contributed by atoms with Crippen LogP contribution in [0.25, 0.3) is 0 Å². The fourth-order valence-electron chi connectivity index (χ4n) is 1.29. The molecule has 5 heteroatoms. The molecule has 0 saturated carbocycles. The lowest BCUT2D eigenvalue weighted by atomic mass is 10.1. The average molecular weight is 225 g/mol. The fraction of sp³-hybridized carbons (Fsp3) is 0.455. The first-order valence-corrected chi connectivity index (χ1v) is 5.08. The maximum Gasteiger partial charge on any atom is 0.119 e. The minimum atomic E-state index is -0.769. The number of nitrogens with zero attached hydrogens (tertiary/aromatic N) is 1. The Balaban J connectivity index is 2.80. The molecule has 0 heterocycles. The van der Waals surface area contributed by atoms with E-state index in [9.17, 15) is 10.0 Å². The van der Waals surface area contributed by atoms with Crippen LogP contribution in [-0.2, 0) is 0 Å². The van der Waals surface area contributed by atoms with Crippen LogP contribution in [0.5, 0.6) is 5.75 Å². The van der Waals surface area contributed by atoms with Gasteiger partial charge in [-0.3, -0.25) is 0 Å².